The second-order valence-electron chi connectivity index (χ2n) is 2.83. The van der Waals surface area contributed by atoms with Gasteiger partial charge in [-0.25, -0.2) is 0 Å². The van der Waals surface area contributed by atoms with Gasteiger partial charge in [-0.15, -0.1) is 0 Å². The molecule has 0 aromatic carbocycles. The lowest BCUT2D eigenvalue weighted by atomic mass is 10.4. The highest BCUT2D eigenvalue weighted by Crippen LogP contribution is 2.15. The standard InChI is InChI=1S/C8H15S/c1-8(2)7-9-5-3-4-6-9/h1,3-7H2,2H3/q+1. The molecule has 1 aliphatic heterocycles. The Labute approximate surface area is 60.7 Å². The van der Waals surface area contributed by atoms with Crippen molar-refractivity contribution in [3.63, 3.8) is 0 Å². The smallest absolute Gasteiger partial charge is 0.0955 e. The first-order valence-corrected chi connectivity index (χ1v) is 5.31. The van der Waals surface area contributed by atoms with E-state index in [2.05, 4.69) is 13.5 Å². The molecule has 0 unspecified atom stereocenters. The summed E-state index contributed by atoms with van der Waals surface area (Å²) in [4.78, 5) is 0. The molecule has 0 spiro atoms. The Kier molecular flexibility index (Phi) is 2.65. The van der Waals surface area contributed by atoms with Crippen molar-refractivity contribution in [1.29, 1.82) is 0 Å². The van der Waals surface area contributed by atoms with E-state index in [0.29, 0.717) is 0 Å². The molecule has 1 heteroatoms. The monoisotopic (exact) mass is 143 g/mol. The van der Waals surface area contributed by atoms with Crippen molar-refractivity contribution in [1.82, 2.24) is 0 Å². The maximum Gasteiger partial charge on any atom is 0.128 e. The van der Waals surface area contributed by atoms with Crippen molar-refractivity contribution >= 4 is 10.9 Å². The van der Waals surface area contributed by atoms with Crippen molar-refractivity contribution < 1.29 is 0 Å². The van der Waals surface area contributed by atoms with Crippen LogP contribution in [0.4, 0.5) is 0 Å². The molecule has 0 bridgehead atoms. The quantitative estimate of drug-likeness (QED) is 0.409. The Morgan fingerprint density at radius 2 is 2.00 bits per heavy atom. The van der Waals surface area contributed by atoms with Gasteiger partial charge < -0.3 is 0 Å². The van der Waals surface area contributed by atoms with E-state index in [9.17, 15) is 0 Å². The molecule has 52 valence electrons. The molecular formula is C8H15S+. The summed E-state index contributed by atoms with van der Waals surface area (Å²) in [5.74, 6) is 4.26. The highest BCUT2D eigenvalue weighted by molar-refractivity contribution is 7.97. The van der Waals surface area contributed by atoms with Crippen LogP contribution in [0.15, 0.2) is 12.2 Å². The van der Waals surface area contributed by atoms with E-state index in [-0.39, 0.29) is 0 Å². The predicted octanol–water partition coefficient (Wildman–Crippen LogP) is 1.97. The average molecular weight is 143 g/mol. The predicted molar refractivity (Wildman–Crippen MR) is 46.0 cm³/mol. The second-order valence-corrected chi connectivity index (χ2v) is 5.16. The Hall–Kier alpha value is 0.0900. The van der Waals surface area contributed by atoms with Crippen LogP contribution in [0.2, 0.25) is 0 Å². The molecular weight excluding hydrogens is 128 g/mol. The van der Waals surface area contributed by atoms with Crippen LogP contribution in [0, 0.1) is 0 Å². The molecule has 0 saturated carbocycles. The maximum atomic E-state index is 3.93. The molecule has 0 aromatic heterocycles. The van der Waals surface area contributed by atoms with E-state index in [0.717, 1.165) is 10.9 Å². The first kappa shape index (κ1) is 7.20. The fraction of sp³-hybridized carbons (Fsp3) is 0.750. The maximum absolute atomic E-state index is 3.93. The van der Waals surface area contributed by atoms with Crippen LogP contribution in [0.25, 0.3) is 0 Å². The zero-order valence-corrected chi connectivity index (χ0v) is 6.97. The largest absolute Gasteiger partial charge is 0.128 e. The molecule has 9 heavy (non-hydrogen) atoms. The molecule has 0 aliphatic carbocycles. The van der Waals surface area contributed by atoms with Crippen LogP contribution >= 0.6 is 0 Å². The van der Waals surface area contributed by atoms with Crippen molar-refractivity contribution in [2.45, 2.75) is 19.8 Å². The van der Waals surface area contributed by atoms with Crippen LogP contribution in [0.5, 0.6) is 0 Å². The number of hydrogen-bond acceptors (Lipinski definition) is 0. The van der Waals surface area contributed by atoms with Gasteiger partial charge in [0.05, 0.1) is 0 Å². The van der Waals surface area contributed by atoms with Crippen LogP contribution in [-0.4, -0.2) is 17.3 Å². The van der Waals surface area contributed by atoms with Gasteiger partial charge in [0.25, 0.3) is 0 Å². The molecule has 1 saturated heterocycles. The van der Waals surface area contributed by atoms with Gasteiger partial charge in [-0.05, 0) is 36.2 Å². The molecule has 0 N–H and O–H groups in total. The van der Waals surface area contributed by atoms with E-state index in [1.165, 1.54) is 35.7 Å². The Balaban J connectivity index is 2.19. The first-order chi connectivity index (χ1) is 4.29. The van der Waals surface area contributed by atoms with Crippen molar-refractivity contribution in [2.75, 3.05) is 17.3 Å². The van der Waals surface area contributed by atoms with Crippen molar-refractivity contribution in [3.05, 3.63) is 12.2 Å². The van der Waals surface area contributed by atoms with E-state index in [1.54, 1.807) is 0 Å². The highest BCUT2D eigenvalue weighted by Gasteiger charge is 2.22. The summed E-state index contributed by atoms with van der Waals surface area (Å²) in [6.07, 6.45) is 2.94. The van der Waals surface area contributed by atoms with Crippen molar-refractivity contribution in [3.8, 4) is 0 Å². The van der Waals surface area contributed by atoms with E-state index < -0.39 is 0 Å². The molecule has 0 atom stereocenters. The van der Waals surface area contributed by atoms with E-state index in [4.69, 9.17) is 0 Å². The number of rotatable bonds is 2. The molecule has 1 aliphatic rings. The SMILES string of the molecule is C=C(C)C[S+]1CCCC1. The van der Waals surface area contributed by atoms with Gasteiger partial charge in [0, 0.05) is 0 Å². The zero-order valence-electron chi connectivity index (χ0n) is 6.15. The third-order valence-electron chi connectivity index (χ3n) is 1.57. The van der Waals surface area contributed by atoms with Crippen molar-refractivity contribution in [2.24, 2.45) is 0 Å². The summed E-state index contributed by atoms with van der Waals surface area (Å²) in [6.45, 7) is 6.07. The minimum Gasteiger partial charge on any atom is -0.0955 e. The lowest BCUT2D eigenvalue weighted by molar-refractivity contribution is 0.949. The van der Waals surface area contributed by atoms with Crippen LogP contribution in [0.3, 0.4) is 0 Å². The highest BCUT2D eigenvalue weighted by atomic mass is 32.2. The summed E-state index contributed by atoms with van der Waals surface area (Å²) in [5.41, 5.74) is 1.38. The molecule has 1 heterocycles. The Morgan fingerprint density at radius 1 is 1.44 bits per heavy atom. The first-order valence-electron chi connectivity index (χ1n) is 3.57. The molecule has 0 amide bonds. The summed E-state index contributed by atoms with van der Waals surface area (Å²) < 4.78 is 0. The summed E-state index contributed by atoms with van der Waals surface area (Å²) in [7, 11) is 0.743. The van der Waals surface area contributed by atoms with Crippen LogP contribution in [0.1, 0.15) is 19.8 Å². The molecule has 1 rings (SSSR count). The Morgan fingerprint density at radius 3 is 2.44 bits per heavy atom. The molecule has 0 radical (unpaired) electrons. The third kappa shape index (κ3) is 2.44. The lowest BCUT2D eigenvalue weighted by Gasteiger charge is -1.97. The van der Waals surface area contributed by atoms with Crippen LogP contribution in [-0.2, 0) is 10.9 Å². The summed E-state index contributed by atoms with van der Waals surface area (Å²) in [5, 5.41) is 0. The van der Waals surface area contributed by atoms with E-state index >= 15 is 0 Å². The molecule has 1 fully saturated rings. The van der Waals surface area contributed by atoms with Gasteiger partial charge in [0.15, 0.2) is 0 Å². The average Bonchev–Trinajstić information content (AvgIpc) is 2.15. The van der Waals surface area contributed by atoms with Crippen LogP contribution < -0.4 is 0 Å². The van der Waals surface area contributed by atoms with Gasteiger partial charge >= 0.3 is 0 Å². The lowest BCUT2D eigenvalue weighted by Crippen LogP contribution is -2.08. The second kappa shape index (κ2) is 3.31. The van der Waals surface area contributed by atoms with Gasteiger partial charge in [0.1, 0.15) is 17.3 Å². The fourth-order valence-corrected chi connectivity index (χ4v) is 3.62. The fourth-order valence-electron chi connectivity index (χ4n) is 1.21. The van der Waals surface area contributed by atoms with Gasteiger partial charge in [0.2, 0.25) is 0 Å². The molecule has 0 nitrogen and oxygen atoms in total. The number of hydrogen-bond donors (Lipinski definition) is 0. The Bertz CT molecular complexity index is 101. The topological polar surface area (TPSA) is 0 Å². The minimum atomic E-state index is 0.743. The van der Waals surface area contributed by atoms with Gasteiger partial charge in [-0.3, -0.25) is 0 Å². The van der Waals surface area contributed by atoms with Gasteiger partial charge in [-0.1, -0.05) is 6.58 Å². The minimum absolute atomic E-state index is 0.743. The summed E-state index contributed by atoms with van der Waals surface area (Å²) in [6, 6.07) is 0. The van der Waals surface area contributed by atoms with Gasteiger partial charge in [-0.2, -0.15) is 0 Å². The zero-order chi connectivity index (χ0) is 6.69. The third-order valence-corrected chi connectivity index (χ3v) is 4.20. The molecule has 0 aromatic rings. The normalized spacial score (nSPS) is 20.6. The summed E-state index contributed by atoms with van der Waals surface area (Å²) >= 11 is 0. The van der Waals surface area contributed by atoms with E-state index in [1.807, 2.05) is 0 Å².